The molecule has 1 aliphatic rings. The van der Waals surface area contributed by atoms with Gasteiger partial charge in [-0.1, -0.05) is 6.07 Å². The minimum absolute atomic E-state index is 0.130. The van der Waals surface area contributed by atoms with Crippen molar-refractivity contribution < 1.29 is 13.5 Å². The van der Waals surface area contributed by atoms with Crippen molar-refractivity contribution in [3.8, 4) is 11.6 Å². The van der Waals surface area contributed by atoms with Gasteiger partial charge < -0.3 is 10.1 Å². The van der Waals surface area contributed by atoms with Gasteiger partial charge in [0.15, 0.2) is 0 Å². The summed E-state index contributed by atoms with van der Waals surface area (Å²) in [7, 11) is 1.68. The van der Waals surface area contributed by atoms with Gasteiger partial charge in [0.05, 0.1) is 5.52 Å². The molecule has 0 radical (unpaired) electrons. The van der Waals surface area contributed by atoms with Crippen molar-refractivity contribution in [1.29, 1.82) is 0 Å². The molecule has 6 nitrogen and oxygen atoms in total. The summed E-state index contributed by atoms with van der Waals surface area (Å²) >= 11 is 0. The topological polar surface area (TPSA) is 69.0 Å². The summed E-state index contributed by atoms with van der Waals surface area (Å²) in [5.74, 6) is 0.588. The average Bonchev–Trinajstić information content (AvgIpc) is 3.46. The van der Waals surface area contributed by atoms with E-state index in [2.05, 4.69) is 20.0 Å². The molecule has 4 rings (SSSR count). The SMILES string of the molecule is CNc1nc(=O)n(-c2cccnc2OC(F)F)c2cc(C3CC3)ccc12. The Morgan fingerprint density at radius 2 is 2.12 bits per heavy atom. The van der Waals surface area contributed by atoms with Gasteiger partial charge in [-0.15, -0.1) is 0 Å². The second-order valence-electron chi connectivity index (χ2n) is 6.09. The normalized spacial score (nSPS) is 14.0. The summed E-state index contributed by atoms with van der Waals surface area (Å²) in [6, 6.07) is 8.88. The lowest BCUT2D eigenvalue weighted by molar-refractivity contribution is -0.0528. The highest BCUT2D eigenvalue weighted by Gasteiger charge is 2.25. The van der Waals surface area contributed by atoms with Crippen LogP contribution in [0.3, 0.4) is 0 Å². The fourth-order valence-corrected chi connectivity index (χ4v) is 3.06. The summed E-state index contributed by atoms with van der Waals surface area (Å²) in [5.41, 5.74) is 1.22. The molecule has 0 atom stereocenters. The number of rotatable bonds is 5. The molecule has 2 aromatic heterocycles. The molecule has 1 saturated carbocycles. The van der Waals surface area contributed by atoms with Crippen LogP contribution in [0, 0.1) is 0 Å². The lowest BCUT2D eigenvalue weighted by Gasteiger charge is -2.15. The van der Waals surface area contributed by atoms with Gasteiger partial charge in [-0.05, 0) is 48.6 Å². The second-order valence-corrected chi connectivity index (χ2v) is 6.09. The fourth-order valence-electron chi connectivity index (χ4n) is 3.06. The maximum Gasteiger partial charge on any atom is 0.388 e. The fraction of sp³-hybridized carbons (Fsp3) is 0.278. The van der Waals surface area contributed by atoms with Crippen LogP contribution in [0.5, 0.6) is 5.88 Å². The molecule has 0 unspecified atom stereocenters. The molecule has 0 saturated heterocycles. The molecular formula is C18H16F2N4O2. The van der Waals surface area contributed by atoms with Gasteiger partial charge in [-0.3, -0.25) is 4.57 Å². The minimum Gasteiger partial charge on any atom is -0.415 e. The van der Waals surface area contributed by atoms with Crippen molar-refractivity contribution in [2.45, 2.75) is 25.4 Å². The van der Waals surface area contributed by atoms with Crippen LogP contribution in [0.15, 0.2) is 41.3 Å². The Morgan fingerprint density at radius 3 is 2.81 bits per heavy atom. The molecule has 0 bridgehead atoms. The van der Waals surface area contributed by atoms with Crippen molar-refractivity contribution in [1.82, 2.24) is 14.5 Å². The highest BCUT2D eigenvalue weighted by Crippen LogP contribution is 2.41. The summed E-state index contributed by atoms with van der Waals surface area (Å²) in [5, 5.41) is 3.62. The summed E-state index contributed by atoms with van der Waals surface area (Å²) in [6.07, 6.45) is 3.54. The Labute approximate surface area is 147 Å². The number of hydrogen-bond donors (Lipinski definition) is 1. The summed E-state index contributed by atoms with van der Waals surface area (Å²) in [6.45, 7) is -3.04. The Bertz CT molecular complexity index is 1030. The van der Waals surface area contributed by atoms with Crippen LogP contribution in [-0.4, -0.2) is 28.2 Å². The van der Waals surface area contributed by atoms with Gasteiger partial charge in [-0.2, -0.15) is 13.8 Å². The van der Waals surface area contributed by atoms with E-state index in [1.807, 2.05) is 18.2 Å². The molecule has 3 aromatic rings. The van der Waals surface area contributed by atoms with E-state index in [0.29, 0.717) is 22.6 Å². The first kappa shape index (κ1) is 16.4. The van der Waals surface area contributed by atoms with Crippen molar-refractivity contribution in [2.75, 3.05) is 12.4 Å². The number of hydrogen-bond acceptors (Lipinski definition) is 5. The highest BCUT2D eigenvalue weighted by molar-refractivity contribution is 5.91. The van der Waals surface area contributed by atoms with E-state index < -0.39 is 12.3 Å². The first-order valence-corrected chi connectivity index (χ1v) is 8.23. The molecule has 2 heterocycles. The first-order valence-electron chi connectivity index (χ1n) is 8.23. The third-order valence-electron chi connectivity index (χ3n) is 4.39. The Morgan fingerprint density at radius 1 is 1.31 bits per heavy atom. The molecular weight excluding hydrogens is 342 g/mol. The smallest absolute Gasteiger partial charge is 0.388 e. The number of anilines is 1. The van der Waals surface area contributed by atoms with Crippen molar-refractivity contribution in [3.63, 3.8) is 0 Å². The van der Waals surface area contributed by atoms with Crippen LogP contribution in [0.2, 0.25) is 0 Å². The van der Waals surface area contributed by atoms with Crippen LogP contribution in [-0.2, 0) is 0 Å². The van der Waals surface area contributed by atoms with Crippen LogP contribution in [0.25, 0.3) is 16.6 Å². The number of alkyl halides is 2. The van der Waals surface area contributed by atoms with Gasteiger partial charge in [-0.25, -0.2) is 9.78 Å². The third kappa shape index (κ3) is 2.87. The number of fused-ring (bicyclic) bond motifs is 1. The maximum absolute atomic E-state index is 12.8. The quantitative estimate of drug-likeness (QED) is 0.758. The maximum atomic E-state index is 12.8. The van der Waals surface area contributed by atoms with E-state index in [1.165, 1.54) is 16.8 Å². The lowest BCUT2D eigenvalue weighted by Crippen LogP contribution is -2.24. The molecule has 1 aliphatic carbocycles. The molecule has 1 aromatic carbocycles. The molecule has 8 heteroatoms. The number of benzene rings is 1. The largest absolute Gasteiger partial charge is 0.415 e. The Kier molecular flexibility index (Phi) is 4.02. The van der Waals surface area contributed by atoms with Crippen LogP contribution < -0.4 is 15.7 Å². The first-order chi connectivity index (χ1) is 12.6. The molecule has 26 heavy (non-hydrogen) atoms. The van der Waals surface area contributed by atoms with E-state index in [0.717, 1.165) is 18.4 Å². The standard InChI is InChI=1S/C18H16F2N4O2/c1-21-15-12-7-6-11(10-4-5-10)9-14(12)24(18(25)23-15)13-3-2-8-22-16(13)26-17(19)20/h2-3,6-10,17H,4-5H2,1H3,(H,21,23,25). The van der Waals surface area contributed by atoms with Crippen LogP contribution in [0.1, 0.15) is 24.3 Å². The van der Waals surface area contributed by atoms with E-state index >= 15 is 0 Å². The van der Waals surface area contributed by atoms with E-state index in [1.54, 1.807) is 13.1 Å². The zero-order valence-electron chi connectivity index (χ0n) is 13.9. The van der Waals surface area contributed by atoms with Gasteiger partial charge >= 0.3 is 12.3 Å². The molecule has 1 N–H and O–H groups in total. The minimum atomic E-state index is -3.04. The van der Waals surface area contributed by atoms with Gasteiger partial charge in [0.25, 0.3) is 0 Å². The van der Waals surface area contributed by atoms with E-state index in [9.17, 15) is 13.6 Å². The van der Waals surface area contributed by atoms with Gasteiger partial charge in [0, 0.05) is 18.6 Å². The molecule has 1 fully saturated rings. The number of nitrogens with zero attached hydrogens (tertiary/aromatic N) is 3. The summed E-state index contributed by atoms with van der Waals surface area (Å²) in [4.78, 5) is 20.6. The Balaban J connectivity index is 2.02. The van der Waals surface area contributed by atoms with Crippen molar-refractivity contribution in [2.24, 2.45) is 0 Å². The van der Waals surface area contributed by atoms with Crippen LogP contribution >= 0.6 is 0 Å². The predicted molar refractivity (Wildman–Crippen MR) is 93.3 cm³/mol. The van der Waals surface area contributed by atoms with E-state index in [4.69, 9.17) is 0 Å². The Hall–Kier alpha value is -3.03. The summed E-state index contributed by atoms with van der Waals surface area (Å²) < 4.78 is 31.3. The molecule has 0 amide bonds. The molecule has 0 spiro atoms. The zero-order valence-corrected chi connectivity index (χ0v) is 13.9. The number of ether oxygens (including phenoxy) is 1. The van der Waals surface area contributed by atoms with Gasteiger partial charge in [0.2, 0.25) is 5.88 Å². The monoisotopic (exact) mass is 358 g/mol. The lowest BCUT2D eigenvalue weighted by atomic mass is 10.1. The number of pyridine rings is 1. The van der Waals surface area contributed by atoms with Crippen molar-refractivity contribution >= 4 is 16.7 Å². The number of halogens is 2. The predicted octanol–water partition coefficient (Wildman–Crippen LogP) is 3.30. The molecule has 134 valence electrons. The highest BCUT2D eigenvalue weighted by atomic mass is 19.3. The van der Waals surface area contributed by atoms with Crippen LogP contribution in [0.4, 0.5) is 14.6 Å². The zero-order chi connectivity index (χ0) is 18.3. The average molecular weight is 358 g/mol. The second kappa shape index (κ2) is 6.36. The molecule has 0 aliphatic heterocycles. The number of aromatic nitrogens is 3. The van der Waals surface area contributed by atoms with E-state index in [-0.39, 0.29) is 11.6 Å². The van der Waals surface area contributed by atoms with Gasteiger partial charge in [0.1, 0.15) is 11.5 Å². The third-order valence-corrected chi connectivity index (χ3v) is 4.39. The van der Waals surface area contributed by atoms with Crippen molar-refractivity contribution in [3.05, 3.63) is 52.6 Å². The number of nitrogens with one attached hydrogen (secondary N) is 1.